The largest absolute Gasteiger partial charge is 0.494 e. The van der Waals surface area contributed by atoms with Crippen molar-refractivity contribution in [1.82, 2.24) is 0 Å². The first-order chi connectivity index (χ1) is 13.2. The molecule has 0 N–H and O–H groups in total. The molecule has 28 heavy (non-hydrogen) atoms. The van der Waals surface area contributed by atoms with Crippen molar-refractivity contribution in [2.45, 2.75) is 78.1 Å². The van der Waals surface area contributed by atoms with Gasteiger partial charge in [-0.25, -0.2) is 0 Å². The van der Waals surface area contributed by atoms with Gasteiger partial charge in [-0.1, -0.05) is 77.4 Å². The van der Waals surface area contributed by atoms with Crippen molar-refractivity contribution >= 4 is 11.6 Å². The van der Waals surface area contributed by atoms with E-state index in [1.807, 2.05) is 0 Å². The lowest BCUT2D eigenvalue weighted by Crippen LogP contribution is -2.34. The SMILES string of the molecule is CCCCOc1ccc(C=C(C)c2cccc3c2C(C)(C)CCC3(C)C)cc1. The molecule has 1 nitrogen and oxygen atoms in total. The zero-order chi connectivity index (χ0) is 20.4. The van der Waals surface area contributed by atoms with Crippen LogP contribution >= 0.6 is 0 Å². The van der Waals surface area contributed by atoms with Crippen LogP contribution in [0.5, 0.6) is 5.75 Å². The van der Waals surface area contributed by atoms with Crippen molar-refractivity contribution in [1.29, 1.82) is 0 Å². The standard InChI is InChI=1S/C27H36O/c1-7-8-18-28-22-14-12-21(13-15-22)19-20(2)23-10-9-11-24-25(23)27(5,6)17-16-26(24,3)4/h9-15,19H,7-8,16-18H2,1-6H3. The maximum atomic E-state index is 5.79. The van der Waals surface area contributed by atoms with E-state index in [0.717, 1.165) is 25.2 Å². The molecule has 1 aliphatic carbocycles. The molecule has 150 valence electrons. The highest BCUT2D eigenvalue weighted by Crippen LogP contribution is 2.48. The summed E-state index contributed by atoms with van der Waals surface area (Å²) in [7, 11) is 0. The highest BCUT2D eigenvalue weighted by Gasteiger charge is 2.38. The van der Waals surface area contributed by atoms with E-state index in [4.69, 9.17) is 4.74 Å². The van der Waals surface area contributed by atoms with Crippen LogP contribution in [0.1, 0.15) is 89.5 Å². The Hall–Kier alpha value is -2.02. The van der Waals surface area contributed by atoms with Crippen molar-refractivity contribution in [2.75, 3.05) is 6.61 Å². The van der Waals surface area contributed by atoms with Crippen LogP contribution in [0.2, 0.25) is 0 Å². The fraction of sp³-hybridized carbons (Fsp3) is 0.481. The summed E-state index contributed by atoms with van der Waals surface area (Å²) in [4.78, 5) is 0. The van der Waals surface area contributed by atoms with Crippen molar-refractivity contribution in [3.63, 3.8) is 0 Å². The molecule has 0 heterocycles. The second-order valence-corrected chi connectivity index (χ2v) is 9.59. The third-order valence-electron chi connectivity index (χ3n) is 6.30. The molecule has 3 rings (SSSR count). The van der Waals surface area contributed by atoms with Crippen LogP contribution in [0.15, 0.2) is 42.5 Å². The van der Waals surface area contributed by atoms with Crippen molar-refractivity contribution in [2.24, 2.45) is 0 Å². The Kier molecular flexibility index (Phi) is 6.03. The molecule has 2 aromatic carbocycles. The van der Waals surface area contributed by atoms with Crippen LogP contribution in [0.4, 0.5) is 0 Å². The summed E-state index contributed by atoms with van der Waals surface area (Å²) in [6.07, 6.45) is 7.06. The molecule has 0 atom stereocenters. The van der Waals surface area contributed by atoms with Gasteiger partial charge in [0.1, 0.15) is 5.75 Å². The van der Waals surface area contributed by atoms with E-state index in [0.29, 0.717) is 0 Å². The van der Waals surface area contributed by atoms with Gasteiger partial charge in [0, 0.05) is 0 Å². The lowest BCUT2D eigenvalue weighted by atomic mass is 9.61. The molecule has 1 heteroatoms. The number of allylic oxidation sites excluding steroid dienone is 1. The van der Waals surface area contributed by atoms with Crippen molar-refractivity contribution in [3.05, 3.63) is 64.7 Å². The average molecular weight is 377 g/mol. The van der Waals surface area contributed by atoms with Crippen molar-refractivity contribution < 1.29 is 4.74 Å². The normalized spacial score (nSPS) is 17.9. The van der Waals surface area contributed by atoms with E-state index >= 15 is 0 Å². The van der Waals surface area contributed by atoms with Gasteiger partial charge in [-0.05, 0) is 77.0 Å². The topological polar surface area (TPSA) is 9.23 Å². The molecule has 0 saturated carbocycles. The summed E-state index contributed by atoms with van der Waals surface area (Å²) in [6, 6.07) is 15.4. The molecule has 0 fully saturated rings. The summed E-state index contributed by atoms with van der Waals surface area (Å²) in [6.45, 7) is 14.8. The van der Waals surface area contributed by atoms with Gasteiger partial charge in [0.2, 0.25) is 0 Å². The van der Waals surface area contributed by atoms with E-state index < -0.39 is 0 Å². The van der Waals surface area contributed by atoms with Gasteiger partial charge in [-0.15, -0.1) is 0 Å². The molecule has 0 saturated heterocycles. The van der Waals surface area contributed by atoms with Crippen LogP contribution in [-0.4, -0.2) is 6.61 Å². The van der Waals surface area contributed by atoms with Gasteiger partial charge < -0.3 is 4.74 Å². The number of hydrogen-bond donors (Lipinski definition) is 0. The van der Waals surface area contributed by atoms with Crippen LogP contribution < -0.4 is 4.74 Å². The molecule has 0 aliphatic heterocycles. The van der Waals surface area contributed by atoms with E-state index in [2.05, 4.69) is 90.1 Å². The summed E-state index contributed by atoms with van der Waals surface area (Å²) >= 11 is 0. The summed E-state index contributed by atoms with van der Waals surface area (Å²) < 4.78 is 5.79. The van der Waals surface area contributed by atoms with Crippen LogP contribution in [0.25, 0.3) is 11.6 Å². The predicted octanol–water partition coefficient (Wildman–Crippen LogP) is 7.78. The molecule has 0 aromatic heterocycles. The van der Waals surface area contributed by atoms with Crippen molar-refractivity contribution in [3.8, 4) is 5.75 Å². The lowest BCUT2D eigenvalue weighted by Gasteiger charge is -2.43. The Bertz CT molecular complexity index is 837. The molecular formula is C27H36O. The number of unbranched alkanes of at least 4 members (excludes halogenated alkanes) is 1. The smallest absolute Gasteiger partial charge is 0.119 e. The lowest BCUT2D eigenvalue weighted by molar-refractivity contribution is 0.309. The Morgan fingerprint density at radius 3 is 2.32 bits per heavy atom. The third kappa shape index (κ3) is 4.35. The van der Waals surface area contributed by atoms with Gasteiger partial charge in [0.05, 0.1) is 6.61 Å². The van der Waals surface area contributed by atoms with E-state index in [1.165, 1.54) is 35.1 Å². The van der Waals surface area contributed by atoms with Gasteiger partial charge in [0.15, 0.2) is 0 Å². The number of fused-ring (bicyclic) bond motifs is 1. The number of ether oxygens (including phenoxy) is 1. The van der Waals surface area contributed by atoms with Gasteiger partial charge in [-0.2, -0.15) is 0 Å². The van der Waals surface area contributed by atoms with E-state index in [9.17, 15) is 0 Å². The monoisotopic (exact) mass is 376 g/mol. The summed E-state index contributed by atoms with van der Waals surface area (Å²) in [5.41, 5.74) is 7.49. The fourth-order valence-corrected chi connectivity index (χ4v) is 4.38. The number of hydrogen-bond acceptors (Lipinski definition) is 1. The fourth-order valence-electron chi connectivity index (χ4n) is 4.38. The Morgan fingerprint density at radius 1 is 0.964 bits per heavy atom. The van der Waals surface area contributed by atoms with E-state index in [-0.39, 0.29) is 10.8 Å². The molecule has 0 unspecified atom stereocenters. The number of benzene rings is 2. The first kappa shape index (κ1) is 20.7. The molecule has 0 radical (unpaired) electrons. The quantitative estimate of drug-likeness (QED) is 0.369. The summed E-state index contributed by atoms with van der Waals surface area (Å²) in [5.74, 6) is 0.961. The zero-order valence-corrected chi connectivity index (χ0v) is 18.6. The highest BCUT2D eigenvalue weighted by atomic mass is 16.5. The second-order valence-electron chi connectivity index (χ2n) is 9.59. The highest BCUT2D eigenvalue weighted by molar-refractivity contribution is 5.83. The minimum absolute atomic E-state index is 0.216. The molecule has 0 amide bonds. The minimum atomic E-state index is 0.216. The Morgan fingerprint density at radius 2 is 1.64 bits per heavy atom. The second kappa shape index (κ2) is 8.15. The summed E-state index contributed by atoms with van der Waals surface area (Å²) in [5, 5.41) is 0. The van der Waals surface area contributed by atoms with Crippen LogP contribution in [-0.2, 0) is 10.8 Å². The molecular weight excluding hydrogens is 340 g/mol. The zero-order valence-electron chi connectivity index (χ0n) is 18.6. The van der Waals surface area contributed by atoms with E-state index in [1.54, 1.807) is 5.56 Å². The van der Waals surface area contributed by atoms with Gasteiger partial charge >= 0.3 is 0 Å². The first-order valence-electron chi connectivity index (χ1n) is 10.8. The molecule has 0 bridgehead atoms. The average Bonchev–Trinajstić information content (AvgIpc) is 2.67. The Labute approximate surface area is 171 Å². The minimum Gasteiger partial charge on any atom is -0.494 e. The Balaban J connectivity index is 1.92. The molecule has 1 aliphatic rings. The maximum Gasteiger partial charge on any atom is 0.119 e. The molecule has 0 spiro atoms. The third-order valence-corrected chi connectivity index (χ3v) is 6.30. The predicted molar refractivity (Wildman–Crippen MR) is 122 cm³/mol. The van der Waals surface area contributed by atoms with Crippen LogP contribution in [0.3, 0.4) is 0 Å². The van der Waals surface area contributed by atoms with Crippen LogP contribution in [0, 0.1) is 0 Å². The number of rotatable bonds is 6. The maximum absolute atomic E-state index is 5.79. The first-order valence-corrected chi connectivity index (χ1v) is 10.8. The molecule has 2 aromatic rings. The van der Waals surface area contributed by atoms with Gasteiger partial charge in [0.25, 0.3) is 0 Å². The van der Waals surface area contributed by atoms with Gasteiger partial charge in [-0.3, -0.25) is 0 Å².